The summed E-state index contributed by atoms with van der Waals surface area (Å²) in [6.45, 7) is 2.93. The lowest BCUT2D eigenvalue weighted by Gasteiger charge is -2.18. The second-order valence-corrected chi connectivity index (χ2v) is 5.29. The van der Waals surface area contributed by atoms with Gasteiger partial charge in [-0.25, -0.2) is 0 Å². The van der Waals surface area contributed by atoms with Gasteiger partial charge in [-0.3, -0.25) is 0 Å². The molecule has 0 aliphatic heterocycles. The second kappa shape index (κ2) is 8.48. The molecule has 0 bridgehead atoms. The van der Waals surface area contributed by atoms with Crippen LogP contribution < -0.4 is 10.1 Å². The van der Waals surface area contributed by atoms with Crippen LogP contribution in [0.1, 0.15) is 36.9 Å². The number of ether oxygens (including phenoxy) is 1. The molecule has 0 aliphatic carbocycles. The Hall–Kier alpha value is -1.80. The molecular formula is C19H25NO. The first-order valence-electron chi connectivity index (χ1n) is 7.77. The van der Waals surface area contributed by atoms with Gasteiger partial charge in [-0.05, 0) is 36.7 Å². The summed E-state index contributed by atoms with van der Waals surface area (Å²) in [5.74, 6) is 0.937. The minimum absolute atomic E-state index is 0.338. The highest BCUT2D eigenvalue weighted by Crippen LogP contribution is 2.19. The Balaban J connectivity index is 1.91. The molecule has 1 unspecified atom stereocenters. The third-order valence-electron chi connectivity index (χ3n) is 3.66. The van der Waals surface area contributed by atoms with Crippen molar-refractivity contribution in [2.24, 2.45) is 0 Å². The first kappa shape index (κ1) is 15.6. The SMILES string of the molecule is CCCc1cccc(C(CCOc2ccccc2)NC)c1. The fraction of sp³-hybridized carbons (Fsp3) is 0.368. The first-order valence-corrected chi connectivity index (χ1v) is 7.77. The van der Waals surface area contributed by atoms with Crippen molar-refractivity contribution in [3.8, 4) is 5.75 Å². The molecule has 1 atom stereocenters. The van der Waals surface area contributed by atoms with Crippen LogP contribution in [-0.4, -0.2) is 13.7 Å². The molecule has 0 amide bonds. The summed E-state index contributed by atoms with van der Waals surface area (Å²) in [4.78, 5) is 0. The van der Waals surface area contributed by atoms with E-state index >= 15 is 0 Å². The summed E-state index contributed by atoms with van der Waals surface area (Å²) in [5, 5.41) is 3.39. The van der Waals surface area contributed by atoms with Gasteiger partial charge in [-0.15, -0.1) is 0 Å². The van der Waals surface area contributed by atoms with Crippen LogP contribution in [0, 0.1) is 0 Å². The topological polar surface area (TPSA) is 21.3 Å². The predicted octanol–water partition coefficient (Wildman–Crippen LogP) is 4.37. The Morgan fingerprint density at radius 2 is 1.86 bits per heavy atom. The fourth-order valence-electron chi connectivity index (χ4n) is 2.54. The van der Waals surface area contributed by atoms with E-state index in [2.05, 4.69) is 36.5 Å². The van der Waals surface area contributed by atoms with Gasteiger partial charge in [0.25, 0.3) is 0 Å². The average molecular weight is 283 g/mol. The minimum Gasteiger partial charge on any atom is -0.494 e. The van der Waals surface area contributed by atoms with Gasteiger partial charge in [0.15, 0.2) is 0 Å². The first-order chi connectivity index (χ1) is 10.3. The predicted molar refractivity (Wildman–Crippen MR) is 88.8 cm³/mol. The molecule has 2 aromatic carbocycles. The molecule has 0 aliphatic rings. The Bertz CT molecular complexity index is 524. The van der Waals surface area contributed by atoms with Crippen LogP contribution in [0.5, 0.6) is 5.75 Å². The van der Waals surface area contributed by atoms with Crippen LogP contribution in [0.2, 0.25) is 0 Å². The van der Waals surface area contributed by atoms with E-state index in [1.54, 1.807) is 0 Å². The highest BCUT2D eigenvalue weighted by Gasteiger charge is 2.09. The Kier molecular flexibility index (Phi) is 6.29. The molecule has 2 nitrogen and oxygen atoms in total. The number of benzene rings is 2. The van der Waals surface area contributed by atoms with Crippen LogP contribution in [0.25, 0.3) is 0 Å². The van der Waals surface area contributed by atoms with E-state index in [4.69, 9.17) is 4.74 Å². The van der Waals surface area contributed by atoms with Crippen molar-refractivity contribution in [3.05, 3.63) is 65.7 Å². The zero-order valence-corrected chi connectivity index (χ0v) is 13.0. The molecule has 1 N–H and O–H groups in total. The number of hydrogen-bond acceptors (Lipinski definition) is 2. The zero-order valence-electron chi connectivity index (χ0n) is 13.0. The molecule has 21 heavy (non-hydrogen) atoms. The van der Waals surface area contributed by atoms with Gasteiger partial charge in [0.05, 0.1) is 6.61 Å². The number of aryl methyl sites for hydroxylation is 1. The van der Waals surface area contributed by atoms with E-state index in [1.165, 1.54) is 17.5 Å². The molecular weight excluding hydrogens is 258 g/mol. The van der Waals surface area contributed by atoms with Gasteiger partial charge < -0.3 is 10.1 Å². The van der Waals surface area contributed by atoms with Crippen molar-refractivity contribution < 1.29 is 4.74 Å². The Labute approximate surface area is 128 Å². The van der Waals surface area contributed by atoms with Gasteiger partial charge in [0, 0.05) is 12.5 Å². The number of para-hydroxylation sites is 1. The second-order valence-electron chi connectivity index (χ2n) is 5.29. The summed E-state index contributed by atoms with van der Waals surface area (Å²) in [5.41, 5.74) is 2.76. The summed E-state index contributed by atoms with van der Waals surface area (Å²) in [7, 11) is 2.01. The maximum Gasteiger partial charge on any atom is 0.119 e. The molecule has 0 radical (unpaired) electrons. The van der Waals surface area contributed by atoms with E-state index in [9.17, 15) is 0 Å². The van der Waals surface area contributed by atoms with Crippen molar-refractivity contribution in [3.63, 3.8) is 0 Å². The average Bonchev–Trinajstić information content (AvgIpc) is 2.53. The van der Waals surface area contributed by atoms with Gasteiger partial charge in [0.1, 0.15) is 5.75 Å². The summed E-state index contributed by atoms with van der Waals surface area (Å²) >= 11 is 0. The highest BCUT2D eigenvalue weighted by atomic mass is 16.5. The Morgan fingerprint density at radius 1 is 1.05 bits per heavy atom. The fourth-order valence-corrected chi connectivity index (χ4v) is 2.54. The van der Waals surface area contributed by atoms with Crippen LogP contribution in [-0.2, 0) is 6.42 Å². The maximum atomic E-state index is 5.80. The van der Waals surface area contributed by atoms with Crippen molar-refractivity contribution in [1.82, 2.24) is 5.32 Å². The number of rotatable bonds is 8. The van der Waals surface area contributed by atoms with E-state index in [-0.39, 0.29) is 0 Å². The largest absolute Gasteiger partial charge is 0.494 e. The lowest BCUT2D eigenvalue weighted by molar-refractivity contribution is 0.290. The molecule has 2 rings (SSSR count). The highest BCUT2D eigenvalue weighted by molar-refractivity contribution is 5.26. The zero-order chi connectivity index (χ0) is 14.9. The lowest BCUT2D eigenvalue weighted by atomic mass is 10.00. The molecule has 0 heterocycles. The van der Waals surface area contributed by atoms with E-state index < -0.39 is 0 Å². The molecule has 0 saturated carbocycles. The van der Waals surface area contributed by atoms with Gasteiger partial charge in [0.2, 0.25) is 0 Å². The van der Waals surface area contributed by atoms with Crippen molar-refractivity contribution in [2.45, 2.75) is 32.2 Å². The quantitative estimate of drug-likeness (QED) is 0.777. The Morgan fingerprint density at radius 3 is 2.57 bits per heavy atom. The standard InChI is InChI=1S/C19H25NO/c1-3-8-16-9-7-10-17(15-16)19(20-2)13-14-21-18-11-5-4-6-12-18/h4-7,9-12,15,19-20H,3,8,13-14H2,1-2H3. The molecule has 0 spiro atoms. The maximum absolute atomic E-state index is 5.80. The van der Waals surface area contributed by atoms with Crippen LogP contribution in [0.3, 0.4) is 0 Å². The molecule has 2 heteroatoms. The normalized spacial score (nSPS) is 12.1. The summed E-state index contributed by atoms with van der Waals surface area (Å²) in [6, 6.07) is 19.2. The van der Waals surface area contributed by atoms with Crippen LogP contribution in [0.15, 0.2) is 54.6 Å². The van der Waals surface area contributed by atoms with Crippen molar-refractivity contribution >= 4 is 0 Å². The van der Waals surface area contributed by atoms with Gasteiger partial charge in [-0.1, -0.05) is 55.8 Å². The van der Waals surface area contributed by atoms with Crippen LogP contribution >= 0.6 is 0 Å². The molecule has 0 fully saturated rings. The monoisotopic (exact) mass is 283 g/mol. The van der Waals surface area contributed by atoms with Crippen LogP contribution in [0.4, 0.5) is 0 Å². The van der Waals surface area contributed by atoms with Crippen molar-refractivity contribution in [2.75, 3.05) is 13.7 Å². The molecule has 0 aromatic heterocycles. The third-order valence-corrected chi connectivity index (χ3v) is 3.66. The summed E-state index contributed by atoms with van der Waals surface area (Å²) < 4.78 is 5.80. The molecule has 2 aromatic rings. The van der Waals surface area contributed by atoms with E-state index in [0.717, 1.165) is 18.6 Å². The van der Waals surface area contributed by atoms with Gasteiger partial charge >= 0.3 is 0 Å². The van der Waals surface area contributed by atoms with E-state index in [1.807, 2.05) is 37.4 Å². The van der Waals surface area contributed by atoms with E-state index in [0.29, 0.717) is 12.6 Å². The summed E-state index contributed by atoms with van der Waals surface area (Å²) in [6.07, 6.45) is 3.29. The molecule has 0 saturated heterocycles. The number of hydrogen-bond donors (Lipinski definition) is 1. The third kappa shape index (κ3) is 4.91. The van der Waals surface area contributed by atoms with Gasteiger partial charge in [-0.2, -0.15) is 0 Å². The molecule has 112 valence electrons. The lowest BCUT2D eigenvalue weighted by Crippen LogP contribution is -2.19. The number of nitrogens with one attached hydrogen (secondary N) is 1. The van der Waals surface area contributed by atoms with Crippen molar-refractivity contribution in [1.29, 1.82) is 0 Å². The smallest absolute Gasteiger partial charge is 0.119 e. The minimum atomic E-state index is 0.338.